The van der Waals surface area contributed by atoms with Crippen molar-refractivity contribution in [1.29, 1.82) is 0 Å². The molecule has 0 saturated carbocycles. The molecule has 15 heteroatoms. The van der Waals surface area contributed by atoms with Crippen LogP contribution in [0.3, 0.4) is 0 Å². The molecule has 0 bridgehead atoms. The van der Waals surface area contributed by atoms with Crippen molar-refractivity contribution in [1.82, 2.24) is 0 Å². The summed E-state index contributed by atoms with van der Waals surface area (Å²) in [4.78, 5) is 46.3. The molecule has 0 unspecified atom stereocenters. The SMILES string of the molecule is CCN(CCC(=O)OC)c1cc(NC(C)=O)c(N=Nc2c(Br)cc([N+](=O)[O-])cc2[N+](=O)[O-])cc1OC. The number of nitro benzene ring substituents is 2. The highest BCUT2D eigenvalue weighted by molar-refractivity contribution is 9.10. The molecular weight excluding hydrogens is 544 g/mol. The number of rotatable bonds is 11. The first-order valence-electron chi connectivity index (χ1n) is 10.4. The number of carbonyl (C=O) groups is 2. The molecule has 0 aliphatic rings. The average Bonchev–Trinajstić information content (AvgIpc) is 2.83. The first kappa shape index (κ1) is 28.1. The Morgan fingerprint density at radius 2 is 1.81 bits per heavy atom. The van der Waals surface area contributed by atoms with Crippen LogP contribution in [0.2, 0.25) is 0 Å². The van der Waals surface area contributed by atoms with E-state index < -0.39 is 33.1 Å². The Kier molecular flexibility index (Phi) is 9.78. The number of hydrogen-bond acceptors (Lipinski definition) is 11. The van der Waals surface area contributed by atoms with Gasteiger partial charge in [0.25, 0.3) is 5.69 Å². The summed E-state index contributed by atoms with van der Waals surface area (Å²) in [7, 11) is 2.71. The number of hydrogen-bond donors (Lipinski definition) is 1. The van der Waals surface area contributed by atoms with E-state index in [4.69, 9.17) is 9.47 Å². The molecule has 2 aromatic carbocycles. The topological polar surface area (TPSA) is 179 Å². The number of nitrogens with one attached hydrogen (secondary N) is 1. The van der Waals surface area contributed by atoms with Crippen LogP contribution in [-0.2, 0) is 14.3 Å². The fourth-order valence-corrected chi connectivity index (χ4v) is 3.65. The summed E-state index contributed by atoms with van der Waals surface area (Å²) in [6.45, 7) is 3.96. The van der Waals surface area contributed by atoms with Gasteiger partial charge in [-0.05, 0) is 28.9 Å². The van der Waals surface area contributed by atoms with Crippen molar-refractivity contribution in [3.05, 3.63) is 49.0 Å². The third-order valence-corrected chi connectivity index (χ3v) is 5.44. The minimum atomic E-state index is -0.815. The lowest BCUT2D eigenvalue weighted by atomic mass is 10.2. The van der Waals surface area contributed by atoms with Crippen molar-refractivity contribution in [3.63, 3.8) is 0 Å². The van der Waals surface area contributed by atoms with Gasteiger partial charge in [0.15, 0.2) is 5.69 Å². The van der Waals surface area contributed by atoms with Crippen LogP contribution in [0.4, 0.5) is 34.1 Å². The molecule has 2 rings (SSSR count). The number of nitro groups is 2. The normalized spacial score (nSPS) is 10.7. The molecule has 0 radical (unpaired) electrons. The van der Waals surface area contributed by atoms with Crippen LogP contribution in [0.5, 0.6) is 5.75 Å². The Labute approximate surface area is 213 Å². The van der Waals surface area contributed by atoms with Crippen LogP contribution in [0.1, 0.15) is 20.3 Å². The number of non-ortho nitro benzene ring substituents is 1. The molecule has 0 spiro atoms. The number of esters is 1. The Bertz CT molecular complexity index is 1220. The van der Waals surface area contributed by atoms with E-state index in [9.17, 15) is 29.8 Å². The molecule has 0 fully saturated rings. The molecule has 0 heterocycles. The molecule has 0 aliphatic carbocycles. The average molecular weight is 567 g/mol. The molecule has 1 amide bonds. The second kappa shape index (κ2) is 12.5. The summed E-state index contributed by atoms with van der Waals surface area (Å²) in [5.74, 6) is -0.472. The second-order valence-corrected chi connectivity index (χ2v) is 7.99. The minimum Gasteiger partial charge on any atom is -0.494 e. The summed E-state index contributed by atoms with van der Waals surface area (Å²) in [6.07, 6.45) is 0.113. The maximum atomic E-state index is 11.8. The Morgan fingerprint density at radius 3 is 2.33 bits per heavy atom. The van der Waals surface area contributed by atoms with Gasteiger partial charge in [0.2, 0.25) is 5.91 Å². The number of halogens is 1. The van der Waals surface area contributed by atoms with E-state index in [-0.39, 0.29) is 28.0 Å². The van der Waals surface area contributed by atoms with Gasteiger partial charge in [-0.25, -0.2) is 0 Å². The van der Waals surface area contributed by atoms with Crippen LogP contribution in [0.15, 0.2) is 39.0 Å². The third-order valence-electron chi connectivity index (χ3n) is 4.84. The monoisotopic (exact) mass is 566 g/mol. The highest BCUT2D eigenvalue weighted by Gasteiger charge is 2.24. The van der Waals surface area contributed by atoms with Gasteiger partial charge in [0.05, 0.1) is 52.4 Å². The molecule has 36 heavy (non-hydrogen) atoms. The highest BCUT2D eigenvalue weighted by atomic mass is 79.9. The number of ether oxygens (including phenoxy) is 2. The maximum Gasteiger partial charge on any atom is 0.307 e. The number of azo groups is 1. The molecule has 0 aromatic heterocycles. The molecule has 1 N–H and O–H groups in total. The lowest BCUT2D eigenvalue weighted by Crippen LogP contribution is -2.26. The lowest BCUT2D eigenvalue weighted by molar-refractivity contribution is -0.393. The van der Waals surface area contributed by atoms with E-state index in [1.54, 1.807) is 6.07 Å². The summed E-state index contributed by atoms with van der Waals surface area (Å²) in [5.41, 5.74) is -0.507. The van der Waals surface area contributed by atoms with Gasteiger partial charge >= 0.3 is 11.7 Å². The van der Waals surface area contributed by atoms with Crippen molar-refractivity contribution in [2.75, 3.05) is 37.5 Å². The van der Waals surface area contributed by atoms with Crippen LogP contribution < -0.4 is 15.0 Å². The first-order valence-corrected chi connectivity index (χ1v) is 11.2. The van der Waals surface area contributed by atoms with E-state index in [0.717, 1.165) is 12.1 Å². The zero-order chi connectivity index (χ0) is 27.0. The molecule has 2 aromatic rings. The van der Waals surface area contributed by atoms with E-state index in [1.165, 1.54) is 27.2 Å². The summed E-state index contributed by atoms with van der Waals surface area (Å²) in [5, 5.41) is 33.2. The van der Waals surface area contributed by atoms with Gasteiger partial charge in [-0.1, -0.05) is 0 Å². The van der Waals surface area contributed by atoms with Crippen molar-refractivity contribution in [2.24, 2.45) is 10.2 Å². The zero-order valence-electron chi connectivity index (χ0n) is 19.8. The standard InChI is InChI=1S/C21H23BrN6O8/c1-5-26(7-6-20(30)36-4)17-10-15(23-12(2)29)16(11-19(17)35-3)24-25-21-14(22)8-13(27(31)32)9-18(21)28(33)34/h8-11H,5-7H2,1-4H3,(H,23,29). The second-order valence-electron chi connectivity index (χ2n) is 7.14. The number of methoxy groups -OCH3 is 2. The van der Waals surface area contributed by atoms with Crippen molar-refractivity contribution in [2.45, 2.75) is 20.3 Å². The van der Waals surface area contributed by atoms with Crippen LogP contribution >= 0.6 is 15.9 Å². The molecule has 0 atom stereocenters. The van der Waals surface area contributed by atoms with E-state index >= 15 is 0 Å². The van der Waals surface area contributed by atoms with Gasteiger partial charge in [0, 0.05) is 32.1 Å². The summed E-state index contributed by atoms with van der Waals surface area (Å²) >= 11 is 3.07. The number of anilines is 2. The van der Waals surface area contributed by atoms with E-state index in [2.05, 4.69) is 31.5 Å². The summed E-state index contributed by atoms with van der Waals surface area (Å²) in [6, 6.07) is 4.89. The van der Waals surface area contributed by atoms with E-state index in [1.807, 2.05) is 11.8 Å². The Balaban J connectivity index is 2.61. The fourth-order valence-electron chi connectivity index (χ4n) is 3.14. The van der Waals surface area contributed by atoms with E-state index in [0.29, 0.717) is 24.5 Å². The molecule has 192 valence electrons. The fraction of sp³-hybridized carbons (Fsp3) is 0.333. The summed E-state index contributed by atoms with van der Waals surface area (Å²) < 4.78 is 10.2. The number of carbonyl (C=O) groups excluding carboxylic acids is 2. The Hall–Kier alpha value is -4.14. The molecule has 0 aliphatic heterocycles. The number of nitrogens with zero attached hydrogens (tertiary/aromatic N) is 5. The predicted molar refractivity (Wildman–Crippen MR) is 133 cm³/mol. The third kappa shape index (κ3) is 6.94. The number of benzene rings is 2. The van der Waals surface area contributed by atoms with Gasteiger partial charge in [-0.3, -0.25) is 29.8 Å². The van der Waals surface area contributed by atoms with Gasteiger partial charge in [-0.15, -0.1) is 10.2 Å². The smallest absolute Gasteiger partial charge is 0.307 e. The van der Waals surface area contributed by atoms with Gasteiger partial charge in [0.1, 0.15) is 11.4 Å². The minimum absolute atomic E-state index is 0.0169. The molecule has 14 nitrogen and oxygen atoms in total. The lowest BCUT2D eigenvalue weighted by Gasteiger charge is -2.25. The molecular formula is C21H23BrN6O8. The van der Waals surface area contributed by atoms with Crippen molar-refractivity contribution < 1.29 is 28.9 Å². The predicted octanol–water partition coefficient (Wildman–Crippen LogP) is 5.04. The highest BCUT2D eigenvalue weighted by Crippen LogP contribution is 2.43. The van der Waals surface area contributed by atoms with Crippen molar-refractivity contribution >= 4 is 61.9 Å². The Morgan fingerprint density at radius 1 is 1.11 bits per heavy atom. The largest absolute Gasteiger partial charge is 0.494 e. The molecule has 0 saturated heterocycles. The quantitative estimate of drug-likeness (QED) is 0.169. The first-order chi connectivity index (χ1) is 17.0. The van der Waals surface area contributed by atoms with Gasteiger partial charge in [-0.2, -0.15) is 0 Å². The van der Waals surface area contributed by atoms with Crippen LogP contribution in [-0.4, -0.2) is 49.0 Å². The maximum absolute atomic E-state index is 11.8. The van der Waals surface area contributed by atoms with Crippen LogP contribution in [0, 0.1) is 20.2 Å². The van der Waals surface area contributed by atoms with Crippen LogP contribution in [0.25, 0.3) is 0 Å². The van der Waals surface area contributed by atoms with Crippen molar-refractivity contribution in [3.8, 4) is 5.75 Å². The zero-order valence-corrected chi connectivity index (χ0v) is 21.4. The number of amides is 1. The van der Waals surface area contributed by atoms with Gasteiger partial charge < -0.3 is 19.7 Å².